The summed E-state index contributed by atoms with van der Waals surface area (Å²) in [6.45, 7) is 1.99. The highest BCUT2D eigenvalue weighted by molar-refractivity contribution is 7.17. The van der Waals surface area contributed by atoms with Gasteiger partial charge in [-0.25, -0.2) is 4.39 Å². The number of methoxy groups -OCH3 is 1. The minimum Gasteiger partial charge on any atom is -0.496 e. The molecule has 0 aliphatic heterocycles. The van der Waals surface area contributed by atoms with E-state index >= 15 is 0 Å². The van der Waals surface area contributed by atoms with Gasteiger partial charge in [0.1, 0.15) is 18.2 Å². The number of benzene rings is 1. The van der Waals surface area contributed by atoms with Crippen molar-refractivity contribution in [3.8, 4) is 22.1 Å². The smallest absolute Gasteiger partial charge is 0.296 e. The number of carbonyl (C=O) groups excluding carboxylic acids is 1. The molecule has 0 spiro atoms. The zero-order chi connectivity index (χ0) is 24.2. The molecule has 9 nitrogen and oxygen atoms in total. The number of halogens is 1. The summed E-state index contributed by atoms with van der Waals surface area (Å²) in [5, 5.41) is 10.9. The minimum atomic E-state index is -0.529. The number of aromatic nitrogens is 4. The lowest BCUT2D eigenvalue weighted by Crippen LogP contribution is -2.21. The predicted molar refractivity (Wildman–Crippen MR) is 125 cm³/mol. The molecule has 0 aliphatic rings. The number of rotatable bonds is 7. The molecule has 0 unspecified atom stereocenters. The molecule has 174 valence electrons. The number of hydrogen-bond acceptors (Lipinski definition) is 8. The lowest BCUT2D eigenvalue weighted by atomic mass is 9.98. The third-order valence-electron chi connectivity index (χ3n) is 4.88. The summed E-state index contributed by atoms with van der Waals surface area (Å²) in [6.07, 6.45) is 2.69. The van der Waals surface area contributed by atoms with Crippen LogP contribution in [-0.2, 0) is 13.7 Å². The standard InChI is InChI=1S/C23H20FN5O4S/c1-13-4-7-19(32-3)16(8-13)18-11-29(2)20(30)9-17(18)21(31)26-22-27-28-23(34-22)33-12-15-6-5-14(24)10-25-15/h4-11H,12H2,1-3H3,(H,26,27,31). The maximum absolute atomic E-state index is 13.1. The van der Waals surface area contributed by atoms with E-state index in [0.29, 0.717) is 22.6 Å². The van der Waals surface area contributed by atoms with E-state index in [1.807, 2.05) is 25.1 Å². The molecule has 0 atom stereocenters. The fourth-order valence-electron chi connectivity index (χ4n) is 3.18. The summed E-state index contributed by atoms with van der Waals surface area (Å²) in [5.74, 6) is -0.401. The van der Waals surface area contributed by atoms with Crippen LogP contribution in [0.3, 0.4) is 0 Å². The average Bonchev–Trinajstić information content (AvgIpc) is 3.27. The van der Waals surface area contributed by atoms with Gasteiger partial charge in [-0.2, -0.15) is 0 Å². The van der Waals surface area contributed by atoms with Crippen molar-refractivity contribution >= 4 is 22.4 Å². The van der Waals surface area contributed by atoms with Crippen molar-refractivity contribution in [3.63, 3.8) is 0 Å². The molecule has 4 aromatic rings. The largest absolute Gasteiger partial charge is 0.496 e. The van der Waals surface area contributed by atoms with Crippen molar-refractivity contribution in [1.29, 1.82) is 0 Å². The first kappa shape index (κ1) is 23.1. The highest BCUT2D eigenvalue weighted by Crippen LogP contribution is 2.33. The molecule has 3 heterocycles. The van der Waals surface area contributed by atoms with Gasteiger partial charge in [-0.1, -0.05) is 16.7 Å². The van der Waals surface area contributed by atoms with Crippen LogP contribution in [0.4, 0.5) is 9.52 Å². The SMILES string of the molecule is COc1ccc(C)cc1-c1cn(C)c(=O)cc1C(=O)Nc1nnc(OCc2ccc(F)cn2)s1. The fourth-order valence-corrected chi connectivity index (χ4v) is 3.77. The number of pyridine rings is 2. The molecule has 0 bridgehead atoms. The van der Waals surface area contributed by atoms with E-state index in [1.54, 1.807) is 20.4 Å². The quantitative estimate of drug-likeness (QED) is 0.430. The van der Waals surface area contributed by atoms with Gasteiger partial charge in [-0.15, -0.1) is 5.10 Å². The third kappa shape index (κ3) is 5.09. The fraction of sp³-hybridized carbons (Fsp3) is 0.174. The molecule has 1 N–H and O–H groups in total. The Labute approximate surface area is 197 Å². The Bertz CT molecular complexity index is 1400. The Morgan fingerprint density at radius 2 is 2.00 bits per heavy atom. The van der Waals surface area contributed by atoms with E-state index in [9.17, 15) is 14.0 Å². The van der Waals surface area contributed by atoms with Crippen LogP contribution in [0.15, 0.2) is 53.6 Å². The molecule has 0 fully saturated rings. The molecule has 1 amide bonds. The number of aryl methyl sites for hydroxylation is 2. The van der Waals surface area contributed by atoms with Crippen LogP contribution in [0.5, 0.6) is 10.9 Å². The minimum absolute atomic E-state index is 0.0644. The van der Waals surface area contributed by atoms with Crippen molar-refractivity contribution in [1.82, 2.24) is 19.7 Å². The van der Waals surface area contributed by atoms with Crippen molar-refractivity contribution in [3.05, 3.63) is 81.8 Å². The van der Waals surface area contributed by atoms with Crippen molar-refractivity contribution in [2.45, 2.75) is 13.5 Å². The highest BCUT2D eigenvalue weighted by atomic mass is 32.1. The van der Waals surface area contributed by atoms with Crippen LogP contribution in [0.1, 0.15) is 21.6 Å². The molecule has 4 rings (SSSR count). The van der Waals surface area contributed by atoms with E-state index in [2.05, 4.69) is 20.5 Å². The normalized spacial score (nSPS) is 10.7. The lowest BCUT2D eigenvalue weighted by Gasteiger charge is -2.14. The summed E-state index contributed by atoms with van der Waals surface area (Å²) in [7, 11) is 3.15. The van der Waals surface area contributed by atoms with Crippen molar-refractivity contribution in [2.75, 3.05) is 12.4 Å². The summed E-state index contributed by atoms with van der Waals surface area (Å²) < 4.78 is 25.3. The van der Waals surface area contributed by atoms with Crippen LogP contribution in [0.2, 0.25) is 0 Å². The summed E-state index contributed by atoms with van der Waals surface area (Å²) >= 11 is 1.01. The van der Waals surface area contributed by atoms with Crippen molar-refractivity contribution < 1.29 is 18.7 Å². The Morgan fingerprint density at radius 3 is 2.74 bits per heavy atom. The van der Waals surface area contributed by atoms with Crippen LogP contribution < -0.4 is 20.3 Å². The van der Waals surface area contributed by atoms with Gasteiger partial charge in [0.25, 0.3) is 16.7 Å². The van der Waals surface area contributed by atoms with E-state index < -0.39 is 11.7 Å². The molecule has 0 saturated carbocycles. The second-order valence-electron chi connectivity index (χ2n) is 7.34. The zero-order valence-electron chi connectivity index (χ0n) is 18.5. The van der Waals surface area contributed by atoms with Crippen LogP contribution in [0, 0.1) is 12.7 Å². The van der Waals surface area contributed by atoms with E-state index in [-0.39, 0.29) is 28.1 Å². The predicted octanol–water partition coefficient (Wildman–Crippen LogP) is 3.59. The molecular formula is C23H20FN5O4S. The number of amides is 1. The summed E-state index contributed by atoms with van der Waals surface area (Å²) in [4.78, 5) is 29.4. The van der Waals surface area contributed by atoms with Gasteiger partial charge in [0.15, 0.2) is 0 Å². The van der Waals surface area contributed by atoms with Gasteiger partial charge >= 0.3 is 0 Å². The molecule has 3 aromatic heterocycles. The lowest BCUT2D eigenvalue weighted by molar-refractivity contribution is 0.102. The van der Waals surface area contributed by atoms with Gasteiger partial charge in [0, 0.05) is 30.4 Å². The first-order valence-corrected chi connectivity index (χ1v) is 10.9. The Hall–Kier alpha value is -4.12. The molecule has 0 aliphatic carbocycles. The number of ether oxygens (including phenoxy) is 2. The van der Waals surface area contributed by atoms with E-state index in [0.717, 1.165) is 23.1 Å². The Kier molecular flexibility index (Phi) is 6.64. The summed E-state index contributed by atoms with van der Waals surface area (Å²) in [5.41, 5.74) is 2.52. The van der Waals surface area contributed by atoms with Gasteiger partial charge in [0.05, 0.1) is 24.6 Å². The number of nitrogens with zero attached hydrogens (tertiary/aromatic N) is 4. The Morgan fingerprint density at radius 1 is 1.18 bits per heavy atom. The van der Waals surface area contributed by atoms with Gasteiger partial charge in [0.2, 0.25) is 5.13 Å². The second-order valence-corrected chi connectivity index (χ2v) is 8.28. The molecular weight excluding hydrogens is 461 g/mol. The van der Waals surface area contributed by atoms with Crippen LogP contribution >= 0.6 is 11.3 Å². The number of hydrogen-bond donors (Lipinski definition) is 1. The number of carbonyl (C=O) groups is 1. The Balaban J connectivity index is 1.57. The van der Waals surface area contributed by atoms with E-state index in [4.69, 9.17) is 9.47 Å². The van der Waals surface area contributed by atoms with Crippen LogP contribution in [-0.4, -0.2) is 32.8 Å². The number of nitrogens with one attached hydrogen (secondary N) is 1. The third-order valence-corrected chi connectivity index (χ3v) is 5.63. The molecule has 11 heteroatoms. The topological polar surface area (TPSA) is 108 Å². The molecule has 34 heavy (non-hydrogen) atoms. The summed E-state index contributed by atoms with van der Waals surface area (Å²) in [6, 6.07) is 9.63. The first-order valence-electron chi connectivity index (χ1n) is 10.1. The second kappa shape index (κ2) is 9.79. The monoisotopic (exact) mass is 481 g/mol. The number of anilines is 1. The van der Waals surface area contributed by atoms with Gasteiger partial charge in [-0.3, -0.25) is 19.9 Å². The highest BCUT2D eigenvalue weighted by Gasteiger charge is 2.20. The molecule has 1 aromatic carbocycles. The molecule has 0 radical (unpaired) electrons. The van der Waals surface area contributed by atoms with Crippen molar-refractivity contribution in [2.24, 2.45) is 7.05 Å². The maximum atomic E-state index is 13.1. The average molecular weight is 482 g/mol. The molecule has 0 saturated heterocycles. The zero-order valence-corrected chi connectivity index (χ0v) is 19.4. The van der Waals surface area contributed by atoms with Gasteiger partial charge < -0.3 is 14.0 Å². The van der Waals surface area contributed by atoms with E-state index in [1.165, 1.54) is 22.8 Å². The van der Waals surface area contributed by atoms with Gasteiger partial charge in [-0.05, 0) is 42.5 Å². The first-order chi connectivity index (χ1) is 16.3. The van der Waals surface area contributed by atoms with Crippen LogP contribution in [0.25, 0.3) is 11.1 Å². The maximum Gasteiger partial charge on any atom is 0.296 e.